The van der Waals surface area contributed by atoms with Gasteiger partial charge in [0.15, 0.2) is 0 Å². The van der Waals surface area contributed by atoms with Crippen molar-refractivity contribution in [3.8, 4) is 0 Å². The normalized spacial score (nSPS) is 12.0. The molecule has 1 atom stereocenters. The summed E-state index contributed by atoms with van der Waals surface area (Å²) in [6.07, 6.45) is 0. The lowest BCUT2D eigenvalue weighted by Gasteiger charge is -2.22. The Morgan fingerprint density at radius 3 is 2.62 bits per heavy atom. The van der Waals surface area contributed by atoms with Gasteiger partial charge in [-0.3, -0.25) is 0 Å². The van der Waals surface area contributed by atoms with E-state index < -0.39 is 11.8 Å². The Kier molecular flexibility index (Phi) is 6.32. The highest BCUT2D eigenvalue weighted by atomic mass is 19.1. The van der Waals surface area contributed by atoms with Crippen molar-refractivity contribution in [3.05, 3.63) is 65.5 Å². The monoisotopic (exact) mass is 329 g/mol. The van der Waals surface area contributed by atoms with E-state index in [9.17, 15) is 9.18 Å². The zero-order chi connectivity index (χ0) is 17.5. The Hall–Kier alpha value is -2.40. The van der Waals surface area contributed by atoms with E-state index in [0.717, 1.165) is 12.1 Å². The molecule has 2 N–H and O–H groups in total. The maximum absolute atomic E-state index is 13.7. The number of halogens is 1. The SMILES string of the molecule is Cc1ccc(F)c(NC(=O)NC(C)CN(C)Cc2ccccc2)c1. The second kappa shape index (κ2) is 8.45. The van der Waals surface area contributed by atoms with Gasteiger partial charge in [-0.05, 0) is 44.2 Å². The minimum atomic E-state index is -0.440. The average Bonchev–Trinajstić information content (AvgIpc) is 2.51. The largest absolute Gasteiger partial charge is 0.334 e. The van der Waals surface area contributed by atoms with Crippen LogP contribution in [0.25, 0.3) is 0 Å². The summed E-state index contributed by atoms with van der Waals surface area (Å²) in [5.74, 6) is -0.440. The maximum Gasteiger partial charge on any atom is 0.319 e. The predicted octanol–water partition coefficient (Wildman–Crippen LogP) is 3.78. The molecule has 0 saturated heterocycles. The van der Waals surface area contributed by atoms with Crippen LogP contribution in [0.4, 0.5) is 14.9 Å². The van der Waals surface area contributed by atoms with Crippen LogP contribution in [-0.4, -0.2) is 30.6 Å². The number of amides is 2. The molecule has 0 heterocycles. The molecule has 0 saturated carbocycles. The van der Waals surface area contributed by atoms with Crippen LogP contribution >= 0.6 is 0 Å². The molecule has 0 spiro atoms. The summed E-state index contributed by atoms with van der Waals surface area (Å²) in [5, 5.41) is 5.39. The first-order valence-corrected chi connectivity index (χ1v) is 8.00. The van der Waals surface area contributed by atoms with Crippen molar-refractivity contribution in [1.82, 2.24) is 10.2 Å². The van der Waals surface area contributed by atoms with Crippen LogP contribution in [0.1, 0.15) is 18.1 Å². The molecule has 0 aliphatic rings. The molecular formula is C19H24FN3O. The van der Waals surface area contributed by atoms with E-state index in [4.69, 9.17) is 0 Å². The third-order valence-electron chi connectivity index (χ3n) is 3.63. The number of benzene rings is 2. The van der Waals surface area contributed by atoms with Crippen molar-refractivity contribution in [2.24, 2.45) is 0 Å². The number of carbonyl (C=O) groups excluding carboxylic acids is 1. The molecule has 0 radical (unpaired) electrons. The van der Waals surface area contributed by atoms with Crippen molar-refractivity contribution in [2.75, 3.05) is 18.9 Å². The number of anilines is 1. The molecule has 128 valence electrons. The number of carbonyl (C=O) groups is 1. The topological polar surface area (TPSA) is 44.4 Å². The number of nitrogens with one attached hydrogen (secondary N) is 2. The molecule has 2 rings (SSSR count). The van der Waals surface area contributed by atoms with Crippen molar-refractivity contribution in [2.45, 2.75) is 26.4 Å². The van der Waals surface area contributed by atoms with Gasteiger partial charge >= 0.3 is 6.03 Å². The van der Waals surface area contributed by atoms with Crippen LogP contribution in [-0.2, 0) is 6.54 Å². The molecule has 0 fully saturated rings. The molecule has 24 heavy (non-hydrogen) atoms. The van der Waals surface area contributed by atoms with Crippen molar-refractivity contribution >= 4 is 11.7 Å². The molecule has 4 nitrogen and oxygen atoms in total. The number of nitrogens with zero attached hydrogens (tertiary/aromatic N) is 1. The highest BCUT2D eigenvalue weighted by molar-refractivity contribution is 5.89. The Morgan fingerprint density at radius 2 is 1.92 bits per heavy atom. The fraction of sp³-hybridized carbons (Fsp3) is 0.316. The van der Waals surface area contributed by atoms with Gasteiger partial charge in [0.05, 0.1) is 5.69 Å². The van der Waals surface area contributed by atoms with E-state index in [-0.39, 0.29) is 11.7 Å². The Balaban J connectivity index is 1.82. The fourth-order valence-corrected chi connectivity index (χ4v) is 2.59. The van der Waals surface area contributed by atoms with E-state index in [1.807, 2.05) is 39.1 Å². The second-order valence-electron chi connectivity index (χ2n) is 6.17. The van der Waals surface area contributed by atoms with Crippen LogP contribution in [0.3, 0.4) is 0 Å². The molecule has 1 unspecified atom stereocenters. The highest BCUT2D eigenvalue weighted by Gasteiger charge is 2.12. The fourth-order valence-electron chi connectivity index (χ4n) is 2.59. The minimum Gasteiger partial charge on any atom is -0.334 e. The summed E-state index contributed by atoms with van der Waals surface area (Å²) >= 11 is 0. The van der Waals surface area contributed by atoms with Crippen LogP contribution < -0.4 is 10.6 Å². The highest BCUT2D eigenvalue weighted by Crippen LogP contribution is 2.15. The van der Waals surface area contributed by atoms with Gasteiger partial charge in [-0.2, -0.15) is 0 Å². The first-order valence-electron chi connectivity index (χ1n) is 8.00. The van der Waals surface area contributed by atoms with Gasteiger partial charge in [0.1, 0.15) is 5.82 Å². The molecular weight excluding hydrogens is 305 g/mol. The standard InChI is InChI=1S/C19H24FN3O/c1-14-9-10-17(20)18(11-14)22-19(24)21-15(2)12-23(3)13-16-7-5-4-6-8-16/h4-11,15H,12-13H2,1-3H3,(H2,21,22,24). The number of hydrogen-bond donors (Lipinski definition) is 2. The summed E-state index contributed by atoms with van der Waals surface area (Å²) in [5.41, 5.74) is 2.30. The number of hydrogen-bond acceptors (Lipinski definition) is 2. The lowest BCUT2D eigenvalue weighted by atomic mass is 10.2. The number of rotatable bonds is 6. The summed E-state index contributed by atoms with van der Waals surface area (Å²) < 4.78 is 13.7. The zero-order valence-electron chi connectivity index (χ0n) is 14.3. The maximum atomic E-state index is 13.7. The molecule has 2 aromatic carbocycles. The summed E-state index contributed by atoms with van der Waals surface area (Å²) in [7, 11) is 2.00. The Labute approximate surface area is 142 Å². The van der Waals surface area contributed by atoms with Gasteiger partial charge in [-0.25, -0.2) is 9.18 Å². The first kappa shape index (κ1) is 17.9. The first-order chi connectivity index (χ1) is 11.4. The number of urea groups is 1. The molecule has 5 heteroatoms. The molecule has 0 bridgehead atoms. The number of likely N-dealkylation sites (N-methyl/N-ethyl adjacent to an activating group) is 1. The van der Waals surface area contributed by atoms with Crippen LogP contribution in [0.5, 0.6) is 0 Å². The van der Waals surface area contributed by atoms with Crippen molar-refractivity contribution in [1.29, 1.82) is 0 Å². The van der Waals surface area contributed by atoms with Gasteiger partial charge in [-0.15, -0.1) is 0 Å². The van der Waals surface area contributed by atoms with Crippen LogP contribution in [0.2, 0.25) is 0 Å². The Morgan fingerprint density at radius 1 is 1.21 bits per heavy atom. The molecule has 0 aliphatic heterocycles. The van der Waals surface area contributed by atoms with Crippen LogP contribution in [0.15, 0.2) is 48.5 Å². The lowest BCUT2D eigenvalue weighted by Crippen LogP contribution is -2.42. The second-order valence-corrected chi connectivity index (χ2v) is 6.17. The molecule has 2 aromatic rings. The van der Waals surface area contributed by atoms with E-state index in [2.05, 4.69) is 27.7 Å². The average molecular weight is 329 g/mol. The van der Waals surface area contributed by atoms with Gasteiger partial charge in [0.2, 0.25) is 0 Å². The zero-order valence-corrected chi connectivity index (χ0v) is 14.3. The van der Waals surface area contributed by atoms with Gasteiger partial charge < -0.3 is 15.5 Å². The summed E-state index contributed by atoms with van der Waals surface area (Å²) in [6.45, 7) is 5.27. The van der Waals surface area contributed by atoms with E-state index in [1.54, 1.807) is 12.1 Å². The molecule has 0 aliphatic carbocycles. The summed E-state index contributed by atoms with van der Waals surface area (Å²) in [4.78, 5) is 14.2. The summed E-state index contributed by atoms with van der Waals surface area (Å²) in [6, 6.07) is 14.3. The van der Waals surface area contributed by atoms with Gasteiger partial charge in [0.25, 0.3) is 0 Å². The van der Waals surface area contributed by atoms with E-state index in [1.165, 1.54) is 11.6 Å². The van der Waals surface area contributed by atoms with E-state index in [0.29, 0.717) is 6.54 Å². The number of aryl methyl sites for hydroxylation is 1. The van der Waals surface area contributed by atoms with E-state index >= 15 is 0 Å². The lowest BCUT2D eigenvalue weighted by molar-refractivity contribution is 0.241. The van der Waals surface area contributed by atoms with Gasteiger partial charge in [0, 0.05) is 19.1 Å². The van der Waals surface area contributed by atoms with Gasteiger partial charge in [-0.1, -0.05) is 36.4 Å². The van der Waals surface area contributed by atoms with Crippen molar-refractivity contribution in [3.63, 3.8) is 0 Å². The Bertz CT molecular complexity index is 676. The predicted molar refractivity (Wildman–Crippen MR) is 95.5 cm³/mol. The third kappa shape index (κ3) is 5.66. The quantitative estimate of drug-likeness (QED) is 0.847. The molecule has 2 amide bonds. The third-order valence-corrected chi connectivity index (χ3v) is 3.63. The van der Waals surface area contributed by atoms with Crippen LogP contribution in [0, 0.1) is 12.7 Å². The molecule has 0 aromatic heterocycles. The van der Waals surface area contributed by atoms with Crippen molar-refractivity contribution < 1.29 is 9.18 Å². The minimum absolute atomic E-state index is 0.0633. The smallest absolute Gasteiger partial charge is 0.319 e.